The van der Waals surface area contributed by atoms with Crippen LogP contribution in [-0.2, 0) is 0 Å². The number of fused-ring (bicyclic) bond motifs is 4. The van der Waals surface area contributed by atoms with Gasteiger partial charge in [0.15, 0.2) is 0 Å². The monoisotopic (exact) mass is 289 g/mol. The van der Waals surface area contributed by atoms with E-state index in [0.29, 0.717) is 6.29 Å². The van der Waals surface area contributed by atoms with E-state index in [2.05, 4.69) is 15.5 Å². The highest BCUT2D eigenvalue weighted by Gasteiger charge is 2.53. The largest absolute Gasteiger partial charge is 0.286 e. The van der Waals surface area contributed by atoms with Crippen molar-refractivity contribution in [3.8, 4) is 0 Å². The second-order valence-electron chi connectivity index (χ2n) is 8.36. The van der Waals surface area contributed by atoms with E-state index in [0.717, 1.165) is 36.0 Å². The summed E-state index contributed by atoms with van der Waals surface area (Å²) in [6.07, 6.45) is 16.6. The highest BCUT2D eigenvalue weighted by Crippen LogP contribution is 2.45. The van der Waals surface area contributed by atoms with Crippen molar-refractivity contribution in [3.05, 3.63) is 0 Å². The Morgan fingerprint density at radius 3 is 1.67 bits per heavy atom. The second kappa shape index (κ2) is 5.21. The summed E-state index contributed by atoms with van der Waals surface area (Å²) >= 11 is 0. The molecule has 0 aromatic carbocycles. The molecule has 3 heteroatoms. The third-order valence-corrected chi connectivity index (χ3v) is 7.43. The molecule has 118 valence electrons. The Hall–Kier alpha value is -0.120. The Morgan fingerprint density at radius 2 is 1.10 bits per heavy atom. The van der Waals surface area contributed by atoms with Crippen LogP contribution in [0.1, 0.15) is 70.6 Å². The molecule has 2 saturated carbocycles. The Labute approximate surface area is 129 Å². The summed E-state index contributed by atoms with van der Waals surface area (Å²) in [5, 5.41) is 8.07. The van der Waals surface area contributed by atoms with Crippen LogP contribution in [0, 0.1) is 11.8 Å². The summed E-state index contributed by atoms with van der Waals surface area (Å²) in [6, 6.07) is 3.37. The summed E-state index contributed by atoms with van der Waals surface area (Å²) in [6.45, 7) is 0. The van der Waals surface area contributed by atoms with E-state index in [1.165, 1.54) is 70.6 Å². The van der Waals surface area contributed by atoms with Gasteiger partial charge in [-0.1, -0.05) is 32.1 Å². The van der Waals surface area contributed by atoms with Crippen molar-refractivity contribution in [1.29, 1.82) is 0 Å². The Morgan fingerprint density at radius 1 is 0.571 bits per heavy atom. The average molecular weight is 289 g/mol. The van der Waals surface area contributed by atoms with Gasteiger partial charge in [-0.05, 0) is 50.4 Å². The van der Waals surface area contributed by atoms with Gasteiger partial charge in [0, 0.05) is 24.2 Å². The lowest BCUT2D eigenvalue weighted by molar-refractivity contribution is -0.134. The van der Waals surface area contributed by atoms with Crippen LogP contribution >= 0.6 is 0 Å². The Kier molecular flexibility index (Phi) is 3.31. The van der Waals surface area contributed by atoms with E-state index < -0.39 is 0 Å². The number of nitrogens with zero attached hydrogens (tertiary/aromatic N) is 1. The van der Waals surface area contributed by atoms with Crippen LogP contribution in [0.25, 0.3) is 0 Å². The molecule has 0 aromatic heterocycles. The quantitative estimate of drug-likeness (QED) is 0.718. The minimum absolute atomic E-state index is 0.499. The molecule has 5 fully saturated rings. The minimum Gasteiger partial charge on any atom is -0.286 e. The van der Waals surface area contributed by atoms with Crippen molar-refractivity contribution >= 4 is 0 Å². The lowest BCUT2D eigenvalue weighted by Gasteiger charge is -2.63. The molecule has 2 aliphatic carbocycles. The van der Waals surface area contributed by atoms with Crippen LogP contribution in [0.4, 0.5) is 0 Å². The second-order valence-corrected chi connectivity index (χ2v) is 8.36. The van der Waals surface area contributed by atoms with Crippen molar-refractivity contribution in [3.63, 3.8) is 0 Å². The first-order valence-corrected chi connectivity index (χ1v) is 9.71. The molecule has 5 rings (SSSR count). The van der Waals surface area contributed by atoms with E-state index in [9.17, 15) is 0 Å². The molecule has 0 bridgehead atoms. The van der Waals surface area contributed by atoms with Crippen molar-refractivity contribution < 1.29 is 0 Å². The molecule has 0 radical (unpaired) electrons. The third-order valence-electron chi connectivity index (χ3n) is 7.43. The molecule has 3 nitrogen and oxygen atoms in total. The van der Waals surface area contributed by atoms with Gasteiger partial charge in [-0.15, -0.1) is 0 Å². The molecule has 6 unspecified atom stereocenters. The molecule has 0 spiro atoms. The molecule has 6 atom stereocenters. The highest BCUT2D eigenvalue weighted by molar-refractivity contribution is 5.07. The maximum atomic E-state index is 4.03. The summed E-state index contributed by atoms with van der Waals surface area (Å²) in [4.78, 5) is 2.93. The van der Waals surface area contributed by atoms with Gasteiger partial charge in [-0.3, -0.25) is 15.5 Å². The van der Waals surface area contributed by atoms with E-state index >= 15 is 0 Å². The van der Waals surface area contributed by atoms with Gasteiger partial charge >= 0.3 is 0 Å². The number of rotatable bonds is 0. The summed E-state index contributed by atoms with van der Waals surface area (Å²) in [5.41, 5.74) is 0. The van der Waals surface area contributed by atoms with Gasteiger partial charge in [0.1, 0.15) is 6.29 Å². The molecule has 3 heterocycles. The number of nitrogens with one attached hydrogen (secondary N) is 2. The lowest BCUT2D eigenvalue weighted by atomic mass is 9.68. The number of hydrogen-bond acceptors (Lipinski definition) is 3. The minimum atomic E-state index is 0.499. The van der Waals surface area contributed by atoms with Crippen LogP contribution in [-0.4, -0.2) is 35.4 Å². The van der Waals surface area contributed by atoms with Crippen LogP contribution in [0.5, 0.6) is 0 Å². The van der Waals surface area contributed by atoms with Crippen molar-refractivity contribution in [2.75, 3.05) is 0 Å². The normalized spacial score (nSPS) is 53.4. The maximum Gasteiger partial charge on any atom is 0.115 e. The molecule has 3 saturated heterocycles. The fourth-order valence-electron chi connectivity index (χ4n) is 6.61. The zero-order valence-electron chi connectivity index (χ0n) is 13.3. The van der Waals surface area contributed by atoms with Crippen molar-refractivity contribution in [1.82, 2.24) is 15.5 Å². The third kappa shape index (κ3) is 2.04. The molecule has 5 aliphatic rings. The summed E-state index contributed by atoms with van der Waals surface area (Å²) in [7, 11) is 0. The molecule has 0 amide bonds. The zero-order chi connectivity index (χ0) is 13.8. The Bertz CT molecular complexity index is 364. The van der Waals surface area contributed by atoms with Crippen LogP contribution < -0.4 is 10.6 Å². The summed E-state index contributed by atoms with van der Waals surface area (Å²) < 4.78 is 0. The summed E-state index contributed by atoms with van der Waals surface area (Å²) in [5.74, 6) is 1.89. The lowest BCUT2D eigenvalue weighted by Crippen LogP contribution is -2.78. The fourth-order valence-corrected chi connectivity index (χ4v) is 6.61. The average Bonchev–Trinajstić information content (AvgIpc) is 2.55. The molecule has 2 N–H and O–H groups in total. The van der Waals surface area contributed by atoms with Gasteiger partial charge in [-0.25, -0.2) is 0 Å². The van der Waals surface area contributed by atoms with Gasteiger partial charge in [-0.2, -0.15) is 0 Å². The van der Waals surface area contributed by atoms with Gasteiger partial charge in [0.2, 0.25) is 0 Å². The van der Waals surface area contributed by atoms with E-state index in [-0.39, 0.29) is 0 Å². The first-order chi connectivity index (χ1) is 10.4. The first kappa shape index (κ1) is 13.3. The topological polar surface area (TPSA) is 27.3 Å². The van der Waals surface area contributed by atoms with Gasteiger partial charge < -0.3 is 0 Å². The number of piperidine rings is 1. The fraction of sp³-hybridized carbons (Fsp3) is 1.00. The predicted octanol–water partition coefficient (Wildman–Crippen LogP) is 2.82. The molecule has 0 aromatic rings. The standard InChI is InChI=1S/C18H31N3/c1-3-8-14-12(6-1)16-10-5-11-17-13-7-2-4-9-15(13)20-18(19-14)21(16)17/h12-20H,1-11H2. The molecule has 3 aliphatic heterocycles. The zero-order valence-corrected chi connectivity index (χ0v) is 13.3. The smallest absolute Gasteiger partial charge is 0.115 e. The molecular weight excluding hydrogens is 258 g/mol. The van der Waals surface area contributed by atoms with Crippen LogP contribution in [0.2, 0.25) is 0 Å². The molecular formula is C18H31N3. The van der Waals surface area contributed by atoms with E-state index in [1.807, 2.05) is 0 Å². The van der Waals surface area contributed by atoms with Crippen LogP contribution in [0.15, 0.2) is 0 Å². The predicted molar refractivity (Wildman–Crippen MR) is 84.8 cm³/mol. The molecule has 21 heavy (non-hydrogen) atoms. The van der Waals surface area contributed by atoms with Gasteiger partial charge in [0.05, 0.1) is 0 Å². The highest BCUT2D eigenvalue weighted by atomic mass is 15.5. The first-order valence-electron chi connectivity index (χ1n) is 9.71. The Balaban J connectivity index is 1.46. The number of hydrogen-bond donors (Lipinski definition) is 2. The van der Waals surface area contributed by atoms with Crippen molar-refractivity contribution in [2.24, 2.45) is 11.8 Å². The van der Waals surface area contributed by atoms with Crippen molar-refractivity contribution in [2.45, 2.75) is 101 Å². The SMILES string of the molecule is C1CCC2C(C1)NC1NC3CCCCC3C3CCCC2N13. The van der Waals surface area contributed by atoms with E-state index in [4.69, 9.17) is 0 Å². The van der Waals surface area contributed by atoms with Gasteiger partial charge in [0.25, 0.3) is 0 Å². The maximum absolute atomic E-state index is 4.03. The van der Waals surface area contributed by atoms with E-state index in [1.54, 1.807) is 0 Å². The van der Waals surface area contributed by atoms with Crippen LogP contribution in [0.3, 0.4) is 0 Å².